The van der Waals surface area contributed by atoms with Gasteiger partial charge in [0.25, 0.3) is 0 Å². The van der Waals surface area contributed by atoms with Gasteiger partial charge < -0.3 is 15.2 Å². The van der Waals surface area contributed by atoms with E-state index >= 15 is 0 Å². The number of benzene rings is 1. The Morgan fingerprint density at radius 2 is 1.94 bits per heavy atom. The fraction of sp³-hybridized carbons (Fsp3) is 0.571. The van der Waals surface area contributed by atoms with Crippen molar-refractivity contribution in [2.24, 2.45) is 5.92 Å². The number of methoxy groups -OCH3 is 1. The number of hydrogen-bond acceptors (Lipinski definition) is 3. The van der Waals surface area contributed by atoms with E-state index in [4.69, 9.17) is 4.74 Å². The van der Waals surface area contributed by atoms with Crippen molar-refractivity contribution >= 4 is 5.69 Å². The Kier molecular flexibility index (Phi) is 4.26. The van der Waals surface area contributed by atoms with Gasteiger partial charge >= 0.3 is 0 Å². The summed E-state index contributed by atoms with van der Waals surface area (Å²) < 4.78 is 5.12. The molecule has 0 heterocycles. The van der Waals surface area contributed by atoms with E-state index in [1.807, 2.05) is 24.3 Å². The number of nitrogens with one attached hydrogen (secondary N) is 1. The maximum atomic E-state index is 9.46. The van der Waals surface area contributed by atoms with E-state index in [2.05, 4.69) is 5.32 Å². The molecule has 0 bridgehead atoms. The van der Waals surface area contributed by atoms with Gasteiger partial charge in [-0.25, -0.2) is 0 Å². The van der Waals surface area contributed by atoms with Crippen LogP contribution in [0.4, 0.5) is 5.69 Å². The number of ether oxygens (including phenoxy) is 1. The largest absolute Gasteiger partial charge is 0.497 e. The Hall–Kier alpha value is -1.22. The second kappa shape index (κ2) is 5.92. The van der Waals surface area contributed by atoms with Gasteiger partial charge in [0, 0.05) is 5.69 Å². The Labute approximate surface area is 103 Å². The van der Waals surface area contributed by atoms with Gasteiger partial charge in [0.15, 0.2) is 0 Å². The average molecular weight is 235 g/mol. The lowest BCUT2D eigenvalue weighted by molar-refractivity contribution is 0.238. The van der Waals surface area contributed by atoms with Gasteiger partial charge in [0.05, 0.1) is 19.8 Å². The number of aliphatic hydroxyl groups excluding tert-OH is 1. The molecule has 1 aromatic rings. The summed E-state index contributed by atoms with van der Waals surface area (Å²) in [4.78, 5) is 0. The molecule has 1 unspecified atom stereocenters. The fourth-order valence-corrected chi connectivity index (χ4v) is 2.57. The Balaban J connectivity index is 1.96. The summed E-state index contributed by atoms with van der Waals surface area (Å²) in [7, 11) is 1.66. The number of rotatable bonds is 5. The molecule has 1 aliphatic rings. The van der Waals surface area contributed by atoms with Gasteiger partial charge in [-0.15, -0.1) is 0 Å². The molecule has 17 heavy (non-hydrogen) atoms. The third-order valence-corrected chi connectivity index (χ3v) is 3.61. The van der Waals surface area contributed by atoms with Crippen molar-refractivity contribution in [3.8, 4) is 5.75 Å². The quantitative estimate of drug-likeness (QED) is 0.824. The SMILES string of the molecule is COc1ccc(NC(CO)C2CCCC2)cc1. The first-order valence-corrected chi connectivity index (χ1v) is 6.35. The maximum absolute atomic E-state index is 9.46. The van der Waals surface area contributed by atoms with Crippen molar-refractivity contribution in [3.05, 3.63) is 24.3 Å². The molecule has 94 valence electrons. The highest BCUT2D eigenvalue weighted by molar-refractivity contribution is 5.47. The molecule has 2 rings (SSSR count). The summed E-state index contributed by atoms with van der Waals surface area (Å²) >= 11 is 0. The van der Waals surface area contributed by atoms with Gasteiger partial charge in [-0.1, -0.05) is 12.8 Å². The molecule has 1 aromatic carbocycles. The highest BCUT2D eigenvalue weighted by Crippen LogP contribution is 2.29. The molecule has 1 aliphatic carbocycles. The van der Waals surface area contributed by atoms with Gasteiger partial charge in [0.2, 0.25) is 0 Å². The minimum atomic E-state index is 0.186. The zero-order chi connectivity index (χ0) is 12.1. The Morgan fingerprint density at radius 1 is 1.29 bits per heavy atom. The smallest absolute Gasteiger partial charge is 0.119 e. The second-order valence-corrected chi connectivity index (χ2v) is 4.71. The molecule has 0 aromatic heterocycles. The zero-order valence-electron chi connectivity index (χ0n) is 10.4. The van der Waals surface area contributed by atoms with Crippen LogP contribution >= 0.6 is 0 Å². The number of anilines is 1. The van der Waals surface area contributed by atoms with E-state index in [-0.39, 0.29) is 12.6 Å². The minimum Gasteiger partial charge on any atom is -0.497 e. The van der Waals surface area contributed by atoms with E-state index in [1.54, 1.807) is 7.11 Å². The van der Waals surface area contributed by atoms with Gasteiger partial charge in [-0.2, -0.15) is 0 Å². The first-order chi connectivity index (χ1) is 8.33. The van der Waals surface area contributed by atoms with Crippen LogP contribution in [0.25, 0.3) is 0 Å². The zero-order valence-corrected chi connectivity index (χ0v) is 10.4. The predicted octanol–water partition coefficient (Wildman–Crippen LogP) is 2.66. The van der Waals surface area contributed by atoms with Gasteiger partial charge in [-0.05, 0) is 43.0 Å². The normalized spacial score (nSPS) is 18.0. The summed E-state index contributed by atoms with van der Waals surface area (Å²) in [5.41, 5.74) is 1.05. The van der Waals surface area contributed by atoms with E-state index in [0.29, 0.717) is 5.92 Å². The Morgan fingerprint density at radius 3 is 2.47 bits per heavy atom. The van der Waals surface area contributed by atoms with Crippen LogP contribution in [-0.4, -0.2) is 24.9 Å². The predicted molar refractivity (Wildman–Crippen MR) is 69.4 cm³/mol. The van der Waals surface area contributed by atoms with Crippen molar-refractivity contribution in [1.82, 2.24) is 0 Å². The average Bonchev–Trinajstić information content (AvgIpc) is 2.90. The lowest BCUT2D eigenvalue weighted by Gasteiger charge is -2.23. The minimum absolute atomic E-state index is 0.186. The Bertz CT molecular complexity index is 331. The van der Waals surface area contributed by atoms with Crippen LogP contribution in [0.5, 0.6) is 5.75 Å². The van der Waals surface area contributed by atoms with Crippen molar-refractivity contribution in [2.75, 3.05) is 19.0 Å². The molecule has 1 fully saturated rings. The lowest BCUT2D eigenvalue weighted by Crippen LogP contribution is -2.31. The van der Waals surface area contributed by atoms with E-state index < -0.39 is 0 Å². The summed E-state index contributed by atoms with van der Waals surface area (Å²) in [5.74, 6) is 1.47. The molecule has 0 spiro atoms. The summed E-state index contributed by atoms with van der Waals surface area (Å²) in [6, 6.07) is 8.05. The molecule has 1 saturated carbocycles. The summed E-state index contributed by atoms with van der Waals surface area (Å²) in [5, 5.41) is 12.9. The highest BCUT2D eigenvalue weighted by atomic mass is 16.5. The molecule has 3 nitrogen and oxygen atoms in total. The number of aliphatic hydroxyl groups is 1. The lowest BCUT2D eigenvalue weighted by atomic mass is 9.98. The van der Waals surface area contributed by atoms with E-state index in [1.165, 1.54) is 25.7 Å². The molecule has 1 atom stereocenters. The standard InChI is InChI=1S/C14H21NO2/c1-17-13-8-6-12(7-9-13)15-14(10-16)11-4-2-3-5-11/h6-9,11,14-16H,2-5,10H2,1H3. The van der Waals surface area contributed by atoms with Crippen LogP contribution in [0.3, 0.4) is 0 Å². The van der Waals surface area contributed by atoms with Gasteiger partial charge in [0.1, 0.15) is 5.75 Å². The molecule has 0 aliphatic heterocycles. The van der Waals surface area contributed by atoms with Crippen LogP contribution in [0, 0.1) is 5.92 Å². The van der Waals surface area contributed by atoms with Crippen molar-refractivity contribution in [2.45, 2.75) is 31.7 Å². The van der Waals surface area contributed by atoms with Crippen molar-refractivity contribution in [1.29, 1.82) is 0 Å². The summed E-state index contributed by atoms with van der Waals surface area (Å²) in [6.45, 7) is 0.205. The third kappa shape index (κ3) is 3.13. The van der Waals surface area contributed by atoms with E-state index in [0.717, 1.165) is 11.4 Å². The monoisotopic (exact) mass is 235 g/mol. The van der Waals surface area contributed by atoms with Crippen molar-refractivity contribution in [3.63, 3.8) is 0 Å². The first kappa shape index (κ1) is 12.2. The first-order valence-electron chi connectivity index (χ1n) is 6.35. The molecule has 0 saturated heterocycles. The molecule has 0 amide bonds. The van der Waals surface area contributed by atoms with E-state index in [9.17, 15) is 5.11 Å². The molecular formula is C14H21NO2. The van der Waals surface area contributed by atoms with Crippen LogP contribution in [0.15, 0.2) is 24.3 Å². The molecule has 2 N–H and O–H groups in total. The van der Waals surface area contributed by atoms with Crippen LogP contribution in [0.2, 0.25) is 0 Å². The molecule has 3 heteroatoms. The van der Waals surface area contributed by atoms with Crippen LogP contribution in [-0.2, 0) is 0 Å². The van der Waals surface area contributed by atoms with Gasteiger partial charge in [-0.3, -0.25) is 0 Å². The van der Waals surface area contributed by atoms with Crippen LogP contribution in [0.1, 0.15) is 25.7 Å². The third-order valence-electron chi connectivity index (χ3n) is 3.61. The second-order valence-electron chi connectivity index (χ2n) is 4.71. The van der Waals surface area contributed by atoms with Crippen molar-refractivity contribution < 1.29 is 9.84 Å². The number of hydrogen-bond donors (Lipinski definition) is 2. The van der Waals surface area contributed by atoms with Crippen LogP contribution < -0.4 is 10.1 Å². The molecular weight excluding hydrogens is 214 g/mol. The molecule has 0 radical (unpaired) electrons. The fourth-order valence-electron chi connectivity index (χ4n) is 2.57. The summed E-state index contributed by atoms with van der Waals surface area (Å²) in [6.07, 6.45) is 5.06. The maximum Gasteiger partial charge on any atom is 0.119 e. The topological polar surface area (TPSA) is 41.5 Å². The highest BCUT2D eigenvalue weighted by Gasteiger charge is 2.24.